The van der Waals surface area contributed by atoms with E-state index in [-0.39, 0.29) is 14.8 Å². The zero-order valence-corrected chi connectivity index (χ0v) is 17.4. The first-order chi connectivity index (χ1) is 10.6. The fourth-order valence-electron chi connectivity index (χ4n) is 7.90. The number of carbonyl (C=O) groups is 1. The second-order valence-electron chi connectivity index (χ2n) is 9.73. The van der Waals surface area contributed by atoms with Gasteiger partial charge < -0.3 is 4.74 Å². The Morgan fingerprint density at radius 3 is 2.48 bits per heavy atom. The van der Waals surface area contributed by atoms with Crippen LogP contribution in [-0.4, -0.2) is 22.4 Å². The summed E-state index contributed by atoms with van der Waals surface area (Å²) in [5.74, 6) is 2.18. The number of hydrogen-bond acceptors (Lipinski definition) is 2. The Kier molecular flexibility index (Phi) is 3.47. The van der Waals surface area contributed by atoms with Crippen LogP contribution in [0.25, 0.3) is 0 Å². The lowest BCUT2D eigenvalue weighted by Gasteiger charge is -2.72. The van der Waals surface area contributed by atoms with Gasteiger partial charge in [-0.1, -0.05) is 43.4 Å². The van der Waals surface area contributed by atoms with E-state index in [4.69, 9.17) is 4.74 Å². The summed E-state index contributed by atoms with van der Waals surface area (Å²) in [6.45, 7) is 9.46. The van der Waals surface area contributed by atoms with Crippen LogP contribution in [0.2, 0.25) is 0 Å². The molecule has 0 aromatic rings. The largest absolute Gasteiger partial charge is 0.381 e. The molecule has 0 radical (unpaired) electrons. The molecule has 2 bridgehead atoms. The van der Waals surface area contributed by atoms with Gasteiger partial charge in [0, 0.05) is 18.4 Å². The lowest BCUT2D eigenvalue weighted by molar-refractivity contribution is -0.266. The van der Waals surface area contributed by atoms with Crippen molar-refractivity contribution in [2.75, 3.05) is 7.11 Å². The highest BCUT2D eigenvalue weighted by atomic mass is 127. The van der Waals surface area contributed by atoms with Gasteiger partial charge in [0.05, 0.1) is 9.53 Å². The van der Waals surface area contributed by atoms with Crippen molar-refractivity contribution in [2.45, 2.75) is 75.7 Å². The molecule has 130 valence electrons. The van der Waals surface area contributed by atoms with Crippen LogP contribution in [0.5, 0.6) is 0 Å². The van der Waals surface area contributed by atoms with E-state index >= 15 is 0 Å². The predicted molar refractivity (Wildman–Crippen MR) is 101 cm³/mol. The molecule has 2 unspecified atom stereocenters. The first-order valence-corrected chi connectivity index (χ1v) is 10.5. The number of Topliss-reactive ketones (excluding diaryl/α,β-unsaturated/α-hetero) is 1. The normalized spacial score (nSPS) is 61.4. The van der Waals surface area contributed by atoms with Crippen LogP contribution in [-0.2, 0) is 9.53 Å². The third-order valence-corrected chi connectivity index (χ3v) is 10.1. The molecule has 23 heavy (non-hydrogen) atoms. The molecule has 0 amide bonds. The van der Waals surface area contributed by atoms with Crippen molar-refractivity contribution in [1.29, 1.82) is 0 Å². The second kappa shape index (κ2) is 4.75. The maximum atomic E-state index is 13.2. The molecule has 5 aliphatic carbocycles. The molecule has 5 saturated carbocycles. The monoisotopic (exact) mass is 430 g/mol. The van der Waals surface area contributed by atoms with Crippen LogP contribution in [0.4, 0.5) is 0 Å². The van der Waals surface area contributed by atoms with Crippen LogP contribution < -0.4 is 0 Å². The Hall–Kier alpha value is 0.360. The van der Waals surface area contributed by atoms with Gasteiger partial charge in [0.15, 0.2) is 5.78 Å². The molecule has 2 nitrogen and oxygen atoms in total. The highest BCUT2D eigenvalue weighted by molar-refractivity contribution is 14.1. The van der Waals surface area contributed by atoms with Crippen LogP contribution >= 0.6 is 22.6 Å². The minimum Gasteiger partial charge on any atom is -0.381 e. The number of hydrogen-bond donors (Lipinski definition) is 0. The van der Waals surface area contributed by atoms with Crippen molar-refractivity contribution in [1.82, 2.24) is 0 Å². The summed E-state index contributed by atoms with van der Waals surface area (Å²) >= 11 is 2.45. The van der Waals surface area contributed by atoms with Crippen LogP contribution in [0.3, 0.4) is 0 Å². The molecule has 0 N–H and O–H groups in total. The molecule has 0 heterocycles. The molecule has 2 spiro atoms. The molecule has 8 atom stereocenters. The summed E-state index contributed by atoms with van der Waals surface area (Å²) in [5.41, 5.74) is 1.02. The average Bonchev–Trinajstić information content (AvgIpc) is 2.68. The molecular weight excluding hydrogens is 399 g/mol. The SMILES string of the molecule is CO[C@@H]1CC[C@@]23CC14C[C@@H](C)[C@@](C)(CC[C@@](C)(I)C(=O)[C@@H]2C)C43. The minimum absolute atomic E-state index is 0.182. The topological polar surface area (TPSA) is 26.3 Å². The summed E-state index contributed by atoms with van der Waals surface area (Å²) in [6.07, 6.45) is 7.57. The number of ketones is 1. The Morgan fingerprint density at radius 1 is 1.13 bits per heavy atom. The molecule has 3 heteroatoms. The molecular formula is C20H31IO2. The van der Waals surface area contributed by atoms with E-state index in [1.165, 1.54) is 25.7 Å². The van der Waals surface area contributed by atoms with Gasteiger partial charge in [0.25, 0.3) is 0 Å². The van der Waals surface area contributed by atoms with E-state index in [0.29, 0.717) is 28.6 Å². The summed E-state index contributed by atoms with van der Waals surface area (Å²) < 4.78 is 5.81. The third-order valence-electron chi connectivity index (χ3n) is 8.98. The maximum absolute atomic E-state index is 13.2. The summed E-state index contributed by atoms with van der Waals surface area (Å²) in [4.78, 5) is 13.2. The van der Waals surface area contributed by atoms with Crippen molar-refractivity contribution < 1.29 is 9.53 Å². The lowest BCUT2D eigenvalue weighted by atomic mass is 9.32. The van der Waals surface area contributed by atoms with Gasteiger partial charge in [-0.05, 0) is 68.1 Å². The summed E-state index contributed by atoms with van der Waals surface area (Å²) in [6, 6.07) is 0. The first-order valence-electron chi connectivity index (χ1n) is 9.40. The number of rotatable bonds is 1. The number of carbonyl (C=O) groups excluding carboxylic acids is 1. The van der Waals surface area contributed by atoms with Crippen molar-refractivity contribution in [2.24, 2.45) is 34.0 Å². The molecule has 5 fully saturated rings. The molecule has 0 aliphatic heterocycles. The molecule has 5 aliphatic rings. The van der Waals surface area contributed by atoms with Crippen LogP contribution in [0, 0.1) is 34.0 Å². The first kappa shape index (κ1) is 16.8. The lowest BCUT2D eigenvalue weighted by Crippen LogP contribution is -2.70. The number of halogens is 1. The maximum Gasteiger partial charge on any atom is 0.151 e. The van der Waals surface area contributed by atoms with E-state index in [2.05, 4.69) is 50.3 Å². The quantitative estimate of drug-likeness (QED) is 0.431. The zero-order chi connectivity index (χ0) is 16.8. The van der Waals surface area contributed by atoms with E-state index < -0.39 is 0 Å². The number of methoxy groups -OCH3 is 1. The molecule has 0 aromatic heterocycles. The number of alkyl halides is 1. The van der Waals surface area contributed by atoms with Crippen molar-refractivity contribution in [3.8, 4) is 0 Å². The Morgan fingerprint density at radius 2 is 1.83 bits per heavy atom. The van der Waals surface area contributed by atoms with Gasteiger partial charge >= 0.3 is 0 Å². The predicted octanol–water partition coefficient (Wildman–Crippen LogP) is 5.03. The van der Waals surface area contributed by atoms with Crippen LogP contribution in [0.15, 0.2) is 0 Å². The Labute approximate surface area is 154 Å². The second-order valence-corrected chi connectivity index (χ2v) is 12.1. The summed E-state index contributed by atoms with van der Waals surface area (Å²) in [5, 5.41) is 0. The van der Waals surface area contributed by atoms with Gasteiger partial charge in [-0.2, -0.15) is 0 Å². The standard InChI is InChI=1S/C20H31IO2/c1-12-10-20-11-19(7-6-14(20)23-5)13(2)15(22)18(4,21)9-8-17(12,3)16(19)20/h12-14,16H,6-11H2,1-5H3/t12-,13+,14-,16?,17-,18-,19-,20?/m1/s1. The molecule has 5 rings (SSSR count). The van der Waals surface area contributed by atoms with Gasteiger partial charge in [0.1, 0.15) is 0 Å². The molecule has 0 saturated heterocycles. The summed E-state index contributed by atoms with van der Waals surface area (Å²) in [7, 11) is 1.91. The highest BCUT2D eigenvalue weighted by Gasteiger charge is 2.79. The van der Waals surface area contributed by atoms with Gasteiger partial charge in [0.2, 0.25) is 0 Å². The Balaban J connectivity index is 1.85. The van der Waals surface area contributed by atoms with Gasteiger partial charge in [-0.25, -0.2) is 0 Å². The Bertz CT molecular complexity index is 558. The van der Waals surface area contributed by atoms with E-state index in [9.17, 15) is 4.79 Å². The van der Waals surface area contributed by atoms with E-state index in [1.807, 2.05) is 7.11 Å². The van der Waals surface area contributed by atoms with E-state index in [1.54, 1.807) is 0 Å². The fraction of sp³-hybridized carbons (Fsp3) is 0.950. The van der Waals surface area contributed by atoms with Crippen molar-refractivity contribution in [3.63, 3.8) is 0 Å². The van der Waals surface area contributed by atoms with Crippen molar-refractivity contribution >= 4 is 28.4 Å². The van der Waals surface area contributed by atoms with Gasteiger partial charge in [-0.15, -0.1) is 0 Å². The number of ether oxygens (including phenoxy) is 1. The van der Waals surface area contributed by atoms with E-state index in [0.717, 1.165) is 18.8 Å². The zero-order valence-electron chi connectivity index (χ0n) is 15.2. The highest BCUT2D eigenvalue weighted by Crippen LogP contribution is 2.83. The van der Waals surface area contributed by atoms with Crippen molar-refractivity contribution in [3.05, 3.63) is 0 Å². The van der Waals surface area contributed by atoms with Crippen LogP contribution in [0.1, 0.15) is 66.2 Å². The molecule has 0 aromatic carbocycles. The van der Waals surface area contributed by atoms with Gasteiger partial charge in [-0.3, -0.25) is 4.79 Å². The smallest absolute Gasteiger partial charge is 0.151 e. The average molecular weight is 430 g/mol. The fourth-order valence-corrected chi connectivity index (χ4v) is 8.64. The number of fused-ring (bicyclic) bond motifs is 2. The minimum atomic E-state index is -0.182. The third kappa shape index (κ3) is 1.77.